The molecule has 1 atom stereocenters. The number of nitrogens with two attached hydrogens (primary N) is 1. The Hall–Kier alpha value is -1.97. The molecule has 4 nitrogen and oxygen atoms in total. The molecule has 0 saturated heterocycles. The lowest BCUT2D eigenvalue weighted by atomic mass is 10.2. The molecular weight excluding hydrogens is 190 g/mol. The number of aromatic nitrogens is 1. The molecule has 0 amide bonds. The Balaban J connectivity index is 2.13. The van der Waals surface area contributed by atoms with E-state index in [2.05, 4.69) is 10.3 Å². The van der Waals surface area contributed by atoms with Gasteiger partial charge in [-0.1, -0.05) is 0 Å². The Morgan fingerprint density at radius 2 is 2.33 bits per heavy atom. The third kappa shape index (κ3) is 2.10. The monoisotopic (exact) mass is 203 g/mol. The fourth-order valence-corrected chi connectivity index (χ4v) is 1.38. The second kappa shape index (κ2) is 4.04. The summed E-state index contributed by atoms with van der Waals surface area (Å²) in [6, 6.07) is 5.72. The van der Waals surface area contributed by atoms with Gasteiger partial charge >= 0.3 is 0 Å². The first-order valence-electron chi connectivity index (χ1n) is 4.77. The standard InChI is InChI=1S/C11H13N3O/c1-8(11-3-2-6-15-11)14-10-4-5-13-7-9(10)12/h2-8H,12H2,1H3,(H,13,14). The van der Waals surface area contributed by atoms with Gasteiger partial charge in [-0.3, -0.25) is 4.98 Å². The number of nitrogens with one attached hydrogen (secondary N) is 1. The number of pyridine rings is 1. The molecule has 2 aromatic rings. The number of rotatable bonds is 3. The quantitative estimate of drug-likeness (QED) is 0.804. The van der Waals surface area contributed by atoms with Crippen LogP contribution in [0.5, 0.6) is 0 Å². The van der Waals surface area contributed by atoms with E-state index in [1.165, 1.54) is 0 Å². The van der Waals surface area contributed by atoms with Crippen molar-refractivity contribution >= 4 is 11.4 Å². The Kier molecular flexibility index (Phi) is 2.58. The van der Waals surface area contributed by atoms with E-state index in [0.29, 0.717) is 5.69 Å². The smallest absolute Gasteiger partial charge is 0.125 e. The normalized spacial score (nSPS) is 12.3. The zero-order valence-corrected chi connectivity index (χ0v) is 8.47. The molecule has 0 spiro atoms. The molecular formula is C11H13N3O. The van der Waals surface area contributed by atoms with Crippen LogP contribution in [-0.4, -0.2) is 4.98 Å². The molecule has 0 aromatic carbocycles. The lowest BCUT2D eigenvalue weighted by molar-refractivity contribution is 0.490. The third-order valence-corrected chi connectivity index (χ3v) is 2.19. The summed E-state index contributed by atoms with van der Waals surface area (Å²) in [5, 5.41) is 3.25. The van der Waals surface area contributed by atoms with Crippen molar-refractivity contribution in [3.8, 4) is 0 Å². The summed E-state index contributed by atoms with van der Waals surface area (Å²) >= 11 is 0. The van der Waals surface area contributed by atoms with Crippen LogP contribution in [0.1, 0.15) is 18.7 Å². The molecule has 0 fully saturated rings. The van der Waals surface area contributed by atoms with E-state index in [1.807, 2.05) is 25.1 Å². The number of hydrogen-bond acceptors (Lipinski definition) is 4. The molecule has 15 heavy (non-hydrogen) atoms. The van der Waals surface area contributed by atoms with E-state index in [9.17, 15) is 0 Å². The molecule has 0 saturated carbocycles. The maximum Gasteiger partial charge on any atom is 0.125 e. The molecule has 2 aromatic heterocycles. The van der Waals surface area contributed by atoms with Crippen LogP contribution in [0.15, 0.2) is 41.3 Å². The van der Waals surface area contributed by atoms with Gasteiger partial charge in [0.25, 0.3) is 0 Å². The van der Waals surface area contributed by atoms with E-state index >= 15 is 0 Å². The van der Waals surface area contributed by atoms with Gasteiger partial charge < -0.3 is 15.5 Å². The van der Waals surface area contributed by atoms with Crippen LogP contribution < -0.4 is 11.1 Å². The Labute approximate surface area is 88.1 Å². The molecule has 2 heterocycles. The predicted molar refractivity (Wildman–Crippen MR) is 59.4 cm³/mol. The average molecular weight is 203 g/mol. The van der Waals surface area contributed by atoms with Gasteiger partial charge in [-0.15, -0.1) is 0 Å². The summed E-state index contributed by atoms with van der Waals surface area (Å²) in [6.45, 7) is 2.01. The van der Waals surface area contributed by atoms with Gasteiger partial charge in [0.15, 0.2) is 0 Å². The summed E-state index contributed by atoms with van der Waals surface area (Å²) in [6.07, 6.45) is 4.98. The highest BCUT2D eigenvalue weighted by Crippen LogP contribution is 2.22. The zero-order chi connectivity index (χ0) is 10.7. The maximum atomic E-state index is 5.77. The van der Waals surface area contributed by atoms with E-state index in [-0.39, 0.29) is 6.04 Å². The number of anilines is 2. The summed E-state index contributed by atoms with van der Waals surface area (Å²) < 4.78 is 5.29. The van der Waals surface area contributed by atoms with Crippen LogP contribution in [0.2, 0.25) is 0 Å². The maximum absolute atomic E-state index is 5.77. The minimum atomic E-state index is 0.0877. The minimum absolute atomic E-state index is 0.0877. The highest BCUT2D eigenvalue weighted by Gasteiger charge is 2.08. The predicted octanol–water partition coefficient (Wildman–Crippen LogP) is 2.43. The molecule has 3 N–H and O–H groups in total. The van der Waals surface area contributed by atoms with Crippen LogP contribution in [0.3, 0.4) is 0 Å². The first kappa shape index (κ1) is 9.58. The first-order valence-corrected chi connectivity index (χ1v) is 4.77. The average Bonchev–Trinajstić information content (AvgIpc) is 2.74. The molecule has 1 unspecified atom stereocenters. The van der Waals surface area contributed by atoms with Gasteiger partial charge in [-0.2, -0.15) is 0 Å². The van der Waals surface area contributed by atoms with E-state index in [0.717, 1.165) is 11.4 Å². The van der Waals surface area contributed by atoms with Gasteiger partial charge in [-0.25, -0.2) is 0 Å². The number of furan rings is 1. The van der Waals surface area contributed by atoms with Crippen molar-refractivity contribution in [3.05, 3.63) is 42.6 Å². The fraction of sp³-hybridized carbons (Fsp3) is 0.182. The highest BCUT2D eigenvalue weighted by molar-refractivity contribution is 5.64. The lowest BCUT2D eigenvalue weighted by Gasteiger charge is -2.13. The Morgan fingerprint density at radius 3 is 3.00 bits per heavy atom. The van der Waals surface area contributed by atoms with Gasteiger partial charge in [-0.05, 0) is 25.1 Å². The second-order valence-electron chi connectivity index (χ2n) is 3.34. The third-order valence-electron chi connectivity index (χ3n) is 2.19. The van der Waals surface area contributed by atoms with Crippen LogP contribution in [0, 0.1) is 0 Å². The molecule has 0 bridgehead atoms. The minimum Gasteiger partial charge on any atom is -0.467 e. The molecule has 4 heteroatoms. The molecule has 2 rings (SSSR count). The van der Waals surface area contributed by atoms with Crippen molar-refractivity contribution in [2.45, 2.75) is 13.0 Å². The summed E-state index contributed by atoms with van der Waals surface area (Å²) in [5.74, 6) is 0.881. The van der Waals surface area contributed by atoms with Crippen molar-refractivity contribution in [1.82, 2.24) is 4.98 Å². The van der Waals surface area contributed by atoms with Crippen molar-refractivity contribution in [1.29, 1.82) is 0 Å². The van der Waals surface area contributed by atoms with Crippen LogP contribution in [0.25, 0.3) is 0 Å². The number of nitrogen functional groups attached to an aromatic ring is 1. The van der Waals surface area contributed by atoms with Crippen molar-refractivity contribution in [3.63, 3.8) is 0 Å². The van der Waals surface area contributed by atoms with Gasteiger partial charge in [0.2, 0.25) is 0 Å². The highest BCUT2D eigenvalue weighted by atomic mass is 16.3. The summed E-state index contributed by atoms with van der Waals surface area (Å²) in [4.78, 5) is 3.93. The zero-order valence-electron chi connectivity index (χ0n) is 8.47. The summed E-state index contributed by atoms with van der Waals surface area (Å²) in [5.41, 5.74) is 7.27. The van der Waals surface area contributed by atoms with Gasteiger partial charge in [0.1, 0.15) is 5.76 Å². The van der Waals surface area contributed by atoms with Crippen LogP contribution in [-0.2, 0) is 0 Å². The van der Waals surface area contributed by atoms with Gasteiger partial charge in [0, 0.05) is 6.20 Å². The molecule has 0 aliphatic carbocycles. The van der Waals surface area contributed by atoms with Crippen molar-refractivity contribution < 1.29 is 4.42 Å². The van der Waals surface area contributed by atoms with E-state index in [1.54, 1.807) is 18.7 Å². The Bertz CT molecular complexity index is 425. The van der Waals surface area contributed by atoms with E-state index < -0.39 is 0 Å². The van der Waals surface area contributed by atoms with Crippen molar-refractivity contribution in [2.24, 2.45) is 0 Å². The van der Waals surface area contributed by atoms with Crippen LogP contribution >= 0.6 is 0 Å². The molecule has 0 aliphatic rings. The number of nitrogens with zero attached hydrogens (tertiary/aromatic N) is 1. The number of hydrogen-bond donors (Lipinski definition) is 2. The van der Waals surface area contributed by atoms with E-state index in [4.69, 9.17) is 10.2 Å². The van der Waals surface area contributed by atoms with Crippen molar-refractivity contribution in [2.75, 3.05) is 11.1 Å². The largest absolute Gasteiger partial charge is 0.467 e. The van der Waals surface area contributed by atoms with Crippen LogP contribution in [0.4, 0.5) is 11.4 Å². The fourth-order valence-electron chi connectivity index (χ4n) is 1.38. The SMILES string of the molecule is CC(Nc1ccncc1N)c1ccco1. The molecule has 0 radical (unpaired) electrons. The lowest BCUT2D eigenvalue weighted by Crippen LogP contribution is -2.07. The van der Waals surface area contributed by atoms with Gasteiger partial charge in [0.05, 0.1) is 29.9 Å². The molecule has 0 aliphatic heterocycles. The topological polar surface area (TPSA) is 64.1 Å². The second-order valence-corrected chi connectivity index (χ2v) is 3.34. The Morgan fingerprint density at radius 1 is 1.47 bits per heavy atom. The molecule has 78 valence electrons. The summed E-state index contributed by atoms with van der Waals surface area (Å²) in [7, 11) is 0. The first-order chi connectivity index (χ1) is 7.27.